The molecule has 0 saturated heterocycles. The molecule has 1 aromatic rings. The summed E-state index contributed by atoms with van der Waals surface area (Å²) >= 11 is 10.8. The maximum atomic E-state index is 5.76. The smallest absolute Gasteiger partial charge is 0.235 e. The summed E-state index contributed by atoms with van der Waals surface area (Å²) in [7, 11) is 3.64. The lowest BCUT2D eigenvalue weighted by Gasteiger charge is -2.12. The lowest BCUT2D eigenvalue weighted by molar-refractivity contribution is 0.950. The third kappa shape index (κ3) is 3.74. The molecule has 1 heterocycles. The number of nitrogens with zero attached hydrogens (tertiary/aromatic N) is 4. The molecule has 1 rings (SSSR count). The van der Waals surface area contributed by atoms with Crippen molar-refractivity contribution in [2.24, 2.45) is 0 Å². The van der Waals surface area contributed by atoms with Crippen LogP contribution in [0.4, 0.5) is 11.9 Å². The summed E-state index contributed by atoms with van der Waals surface area (Å²) in [5.41, 5.74) is 0. The highest BCUT2D eigenvalue weighted by atomic mass is 35.5. The van der Waals surface area contributed by atoms with Gasteiger partial charge in [0.25, 0.3) is 0 Å². The van der Waals surface area contributed by atoms with Crippen molar-refractivity contribution in [2.75, 3.05) is 30.9 Å². The van der Waals surface area contributed by atoms with Crippen LogP contribution in [0.3, 0.4) is 0 Å². The minimum Gasteiger partial charge on any atom is -0.363 e. The largest absolute Gasteiger partial charge is 0.363 e. The van der Waals surface area contributed by atoms with Gasteiger partial charge in [0, 0.05) is 20.6 Å². The molecule has 0 atom stereocenters. The van der Waals surface area contributed by atoms with Gasteiger partial charge < -0.3 is 15.5 Å². The topological polar surface area (TPSA) is 66.0 Å². The molecular formula is C8H13ClN6S. The van der Waals surface area contributed by atoms with Crippen molar-refractivity contribution in [2.45, 2.75) is 6.92 Å². The van der Waals surface area contributed by atoms with Crippen LogP contribution in [-0.4, -0.2) is 40.7 Å². The van der Waals surface area contributed by atoms with E-state index in [4.69, 9.17) is 23.8 Å². The number of rotatable bonds is 3. The van der Waals surface area contributed by atoms with Crippen molar-refractivity contribution >= 4 is 40.8 Å². The van der Waals surface area contributed by atoms with Crippen molar-refractivity contribution in [3.05, 3.63) is 5.28 Å². The molecule has 8 heteroatoms. The van der Waals surface area contributed by atoms with E-state index in [0.717, 1.165) is 6.54 Å². The molecular weight excluding hydrogens is 248 g/mol. The molecule has 0 saturated carbocycles. The maximum Gasteiger partial charge on any atom is 0.235 e. The number of anilines is 2. The van der Waals surface area contributed by atoms with Gasteiger partial charge in [-0.2, -0.15) is 15.0 Å². The van der Waals surface area contributed by atoms with E-state index in [9.17, 15) is 0 Å². The van der Waals surface area contributed by atoms with Crippen molar-refractivity contribution in [1.82, 2.24) is 20.3 Å². The summed E-state index contributed by atoms with van der Waals surface area (Å²) in [5, 5.41) is 6.33. The minimum atomic E-state index is 0.125. The van der Waals surface area contributed by atoms with Crippen molar-refractivity contribution < 1.29 is 0 Å². The van der Waals surface area contributed by atoms with Crippen LogP contribution in [0.2, 0.25) is 5.28 Å². The van der Waals surface area contributed by atoms with Crippen LogP contribution in [0, 0.1) is 0 Å². The molecule has 1 aromatic heterocycles. The van der Waals surface area contributed by atoms with E-state index in [0.29, 0.717) is 17.0 Å². The molecule has 0 aromatic carbocycles. The molecule has 0 radical (unpaired) electrons. The number of halogens is 1. The Morgan fingerprint density at radius 1 is 1.38 bits per heavy atom. The lowest BCUT2D eigenvalue weighted by Crippen LogP contribution is -2.29. The van der Waals surface area contributed by atoms with Crippen LogP contribution in [0.25, 0.3) is 0 Å². The molecule has 88 valence electrons. The molecule has 0 aliphatic carbocycles. The zero-order chi connectivity index (χ0) is 12.1. The molecule has 2 N–H and O–H groups in total. The quantitative estimate of drug-likeness (QED) is 0.783. The van der Waals surface area contributed by atoms with Gasteiger partial charge in [-0.15, -0.1) is 0 Å². The predicted octanol–water partition coefficient (Wildman–Crippen LogP) is 0.897. The Labute approximate surface area is 104 Å². The summed E-state index contributed by atoms with van der Waals surface area (Å²) in [4.78, 5) is 13.7. The van der Waals surface area contributed by atoms with Gasteiger partial charge in [-0.25, -0.2) is 0 Å². The summed E-state index contributed by atoms with van der Waals surface area (Å²) in [6.07, 6.45) is 0. The van der Waals surface area contributed by atoms with Crippen molar-refractivity contribution in [1.29, 1.82) is 0 Å². The number of hydrogen-bond donors (Lipinski definition) is 2. The fourth-order valence-electron chi connectivity index (χ4n) is 0.902. The van der Waals surface area contributed by atoms with Gasteiger partial charge >= 0.3 is 0 Å². The summed E-state index contributed by atoms with van der Waals surface area (Å²) < 4.78 is 0. The van der Waals surface area contributed by atoms with Gasteiger partial charge in [0.05, 0.1) is 0 Å². The second-order valence-electron chi connectivity index (χ2n) is 3.11. The van der Waals surface area contributed by atoms with Crippen LogP contribution >= 0.6 is 23.8 Å². The zero-order valence-corrected chi connectivity index (χ0v) is 10.9. The Balaban J connectivity index is 2.84. The Morgan fingerprint density at radius 2 is 2.06 bits per heavy atom. The van der Waals surface area contributed by atoms with E-state index in [1.54, 1.807) is 4.90 Å². The van der Waals surface area contributed by atoms with Crippen LogP contribution in [0.15, 0.2) is 0 Å². The molecule has 6 nitrogen and oxygen atoms in total. The van der Waals surface area contributed by atoms with Gasteiger partial charge in [0.15, 0.2) is 5.11 Å². The predicted molar refractivity (Wildman–Crippen MR) is 69.1 cm³/mol. The molecule has 0 amide bonds. The highest BCUT2D eigenvalue weighted by Gasteiger charge is 2.07. The van der Waals surface area contributed by atoms with E-state index in [1.165, 1.54) is 0 Å². The first kappa shape index (κ1) is 12.9. The summed E-state index contributed by atoms with van der Waals surface area (Å²) in [6.45, 7) is 2.67. The number of aromatic nitrogens is 3. The normalized spacial score (nSPS) is 9.75. The second kappa shape index (κ2) is 5.76. The number of nitrogens with one attached hydrogen (secondary N) is 2. The highest BCUT2D eigenvalue weighted by molar-refractivity contribution is 7.80. The third-order valence-electron chi connectivity index (χ3n) is 1.56. The third-order valence-corrected chi connectivity index (χ3v) is 1.97. The van der Waals surface area contributed by atoms with Crippen LogP contribution in [-0.2, 0) is 0 Å². The first-order valence-electron chi connectivity index (χ1n) is 4.66. The molecule has 0 aliphatic heterocycles. The van der Waals surface area contributed by atoms with Gasteiger partial charge in [-0.1, -0.05) is 0 Å². The molecule has 0 aliphatic rings. The van der Waals surface area contributed by atoms with Crippen LogP contribution < -0.4 is 15.5 Å². The van der Waals surface area contributed by atoms with E-state index in [1.807, 2.05) is 21.0 Å². The van der Waals surface area contributed by atoms with Gasteiger partial charge in [-0.3, -0.25) is 0 Å². The fraction of sp³-hybridized carbons (Fsp3) is 0.500. The van der Waals surface area contributed by atoms with Gasteiger partial charge in [0.2, 0.25) is 17.2 Å². The first-order chi connectivity index (χ1) is 7.52. The van der Waals surface area contributed by atoms with Crippen LogP contribution in [0.5, 0.6) is 0 Å². The summed E-state index contributed by atoms with van der Waals surface area (Å²) in [6, 6.07) is 0. The van der Waals surface area contributed by atoms with E-state index in [-0.39, 0.29) is 5.28 Å². The Morgan fingerprint density at radius 3 is 2.62 bits per heavy atom. The van der Waals surface area contributed by atoms with Crippen LogP contribution in [0.1, 0.15) is 6.92 Å². The average molecular weight is 261 g/mol. The van der Waals surface area contributed by atoms with E-state index >= 15 is 0 Å². The molecule has 0 spiro atoms. The zero-order valence-electron chi connectivity index (χ0n) is 9.28. The first-order valence-corrected chi connectivity index (χ1v) is 5.45. The molecule has 0 bridgehead atoms. The van der Waals surface area contributed by atoms with E-state index in [2.05, 4.69) is 25.6 Å². The van der Waals surface area contributed by atoms with Crippen molar-refractivity contribution in [3.8, 4) is 0 Å². The Hall–Kier alpha value is -1.21. The average Bonchev–Trinajstić information content (AvgIpc) is 2.16. The molecule has 16 heavy (non-hydrogen) atoms. The minimum absolute atomic E-state index is 0.125. The van der Waals surface area contributed by atoms with E-state index < -0.39 is 0 Å². The molecule has 0 fully saturated rings. The fourth-order valence-corrected chi connectivity index (χ4v) is 1.29. The number of hydrogen-bond acceptors (Lipinski definition) is 5. The van der Waals surface area contributed by atoms with Gasteiger partial charge in [-0.05, 0) is 30.7 Å². The lowest BCUT2D eigenvalue weighted by atomic mass is 10.7. The Kier molecular flexibility index (Phi) is 4.63. The Bertz CT molecular complexity index is 383. The van der Waals surface area contributed by atoms with Crippen molar-refractivity contribution in [3.63, 3.8) is 0 Å². The molecule has 0 unspecified atom stereocenters. The van der Waals surface area contributed by atoms with Gasteiger partial charge in [0.1, 0.15) is 0 Å². The highest BCUT2D eigenvalue weighted by Crippen LogP contribution is 2.11. The standard InChI is InChI=1S/C8H13ClN6S/c1-4-10-8(16)14-6-11-5(9)12-7(13-6)15(2)3/h4H2,1-3H3,(H2,10,11,12,13,14,16). The maximum absolute atomic E-state index is 5.76. The second-order valence-corrected chi connectivity index (χ2v) is 3.85. The monoisotopic (exact) mass is 260 g/mol. The SMILES string of the molecule is CCNC(=S)Nc1nc(Cl)nc(N(C)C)n1. The summed E-state index contributed by atoms with van der Waals surface area (Å²) in [5.74, 6) is 0.802. The number of thiocarbonyl (C=S) groups is 1.